The van der Waals surface area contributed by atoms with Gasteiger partial charge in [0.1, 0.15) is 11.4 Å². The number of benzene rings is 1. The lowest BCUT2D eigenvalue weighted by molar-refractivity contribution is 0.0284. The highest BCUT2D eigenvalue weighted by Gasteiger charge is 2.30. The maximum atomic E-state index is 13.5. The third-order valence-corrected chi connectivity index (χ3v) is 3.31. The Kier molecular flexibility index (Phi) is 4.88. The number of carbonyl (C=O) groups is 1. The quantitative estimate of drug-likeness (QED) is 0.856. The standard InChI is InChI=1S/C16H21F2NO3/c1-16(2,3)22-15(20)19-7-6-11(9-19)10-21-14-5-4-12(17)8-13(14)18/h4-5,8,11H,6-7,9-10H2,1-3H3/t11-/m0/s1. The van der Waals surface area contributed by atoms with Crippen LogP contribution in [0.5, 0.6) is 5.75 Å². The molecular weight excluding hydrogens is 292 g/mol. The molecule has 0 N–H and O–H groups in total. The SMILES string of the molecule is CC(C)(C)OC(=O)N1CC[C@H](COc2ccc(F)cc2F)C1. The molecule has 2 rings (SSSR count). The summed E-state index contributed by atoms with van der Waals surface area (Å²) in [5, 5.41) is 0. The second-order valence-corrected chi connectivity index (χ2v) is 6.47. The summed E-state index contributed by atoms with van der Waals surface area (Å²) in [7, 11) is 0. The van der Waals surface area contributed by atoms with E-state index in [1.807, 2.05) is 20.8 Å². The summed E-state index contributed by atoms with van der Waals surface area (Å²) in [4.78, 5) is 13.6. The molecule has 0 aromatic heterocycles. The highest BCUT2D eigenvalue weighted by atomic mass is 19.1. The van der Waals surface area contributed by atoms with Gasteiger partial charge >= 0.3 is 6.09 Å². The summed E-state index contributed by atoms with van der Waals surface area (Å²) in [6, 6.07) is 3.21. The zero-order chi connectivity index (χ0) is 16.3. The van der Waals surface area contributed by atoms with Crippen LogP contribution in [0.15, 0.2) is 18.2 Å². The molecule has 1 aliphatic rings. The molecule has 0 aliphatic carbocycles. The Morgan fingerprint density at radius 3 is 2.73 bits per heavy atom. The monoisotopic (exact) mass is 313 g/mol. The third kappa shape index (κ3) is 4.58. The minimum Gasteiger partial charge on any atom is -0.490 e. The lowest BCUT2D eigenvalue weighted by Gasteiger charge is -2.24. The van der Waals surface area contributed by atoms with Gasteiger partial charge in [-0.3, -0.25) is 0 Å². The van der Waals surface area contributed by atoms with Gasteiger partial charge in [0.15, 0.2) is 11.6 Å². The fourth-order valence-corrected chi connectivity index (χ4v) is 2.26. The van der Waals surface area contributed by atoms with Crippen LogP contribution in [0.4, 0.5) is 13.6 Å². The molecule has 122 valence electrons. The molecule has 1 amide bonds. The first kappa shape index (κ1) is 16.5. The van der Waals surface area contributed by atoms with E-state index in [-0.39, 0.29) is 24.4 Å². The fraction of sp³-hybridized carbons (Fsp3) is 0.562. The minimum absolute atomic E-state index is 0.0251. The van der Waals surface area contributed by atoms with Crippen molar-refractivity contribution < 1.29 is 23.0 Å². The van der Waals surface area contributed by atoms with Crippen LogP contribution in [0, 0.1) is 17.6 Å². The number of likely N-dealkylation sites (tertiary alicyclic amines) is 1. The molecule has 0 spiro atoms. The van der Waals surface area contributed by atoms with Gasteiger partial charge < -0.3 is 14.4 Å². The van der Waals surface area contributed by atoms with Crippen molar-refractivity contribution >= 4 is 6.09 Å². The summed E-state index contributed by atoms with van der Waals surface area (Å²) in [5.74, 6) is -1.22. The van der Waals surface area contributed by atoms with Crippen molar-refractivity contribution in [2.75, 3.05) is 19.7 Å². The van der Waals surface area contributed by atoms with E-state index in [2.05, 4.69) is 0 Å². The topological polar surface area (TPSA) is 38.8 Å². The number of ether oxygens (including phenoxy) is 2. The Hall–Kier alpha value is -1.85. The van der Waals surface area contributed by atoms with E-state index in [1.54, 1.807) is 4.90 Å². The van der Waals surface area contributed by atoms with Gasteiger partial charge in [0.25, 0.3) is 0 Å². The molecular formula is C16H21F2NO3. The van der Waals surface area contributed by atoms with Gasteiger partial charge in [0.05, 0.1) is 6.61 Å². The molecule has 1 atom stereocenters. The zero-order valence-corrected chi connectivity index (χ0v) is 13.1. The average molecular weight is 313 g/mol. The van der Waals surface area contributed by atoms with Crippen LogP contribution < -0.4 is 4.74 Å². The molecule has 0 unspecified atom stereocenters. The Morgan fingerprint density at radius 1 is 1.36 bits per heavy atom. The molecule has 1 aromatic rings. The van der Waals surface area contributed by atoms with Crippen molar-refractivity contribution in [2.24, 2.45) is 5.92 Å². The molecule has 1 saturated heterocycles. The van der Waals surface area contributed by atoms with Gasteiger partial charge in [-0.15, -0.1) is 0 Å². The summed E-state index contributed by atoms with van der Waals surface area (Å²) < 4.78 is 37.0. The predicted octanol–water partition coefficient (Wildman–Crippen LogP) is 3.60. The van der Waals surface area contributed by atoms with Crippen molar-refractivity contribution in [3.8, 4) is 5.75 Å². The van der Waals surface area contributed by atoms with Crippen LogP contribution in [0.2, 0.25) is 0 Å². The second kappa shape index (κ2) is 6.50. The molecule has 1 heterocycles. The van der Waals surface area contributed by atoms with Crippen LogP contribution in [-0.4, -0.2) is 36.3 Å². The van der Waals surface area contributed by atoms with E-state index in [9.17, 15) is 13.6 Å². The second-order valence-electron chi connectivity index (χ2n) is 6.47. The van der Waals surface area contributed by atoms with Gasteiger partial charge in [-0.25, -0.2) is 13.6 Å². The lowest BCUT2D eigenvalue weighted by atomic mass is 10.1. The average Bonchev–Trinajstić information content (AvgIpc) is 2.84. The number of carbonyl (C=O) groups excluding carboxylic acids is 1. The minimum atomic E-state index is -0.720. The zero-order valence-electron chi connectivity index (χ0n) is 13.1. The summed E-state index contributed by atoms with van der Waals surface area (Å²) in [6.45, 7) is 6.84. The van der Waals surface area contributed by atoms with Crippen LogP contribution in [0.25, 0.3) is 0 Å². The normalized spacial score (nSPS) is 18.4. The molecule has 1 fully saturated rings. The van der Waals surface area contributed by atoms with Crippen LogP contribution in [0.3, 0.4) is 0 Å². The highest BCUT2D eigenvalue weighted by Crippen LogP contribution is 2.23. The van der Waals surface area contributed by atoms with Crippen molar-refractivity contribution in [2.45, 2.75) is 32.8 Å². The largest absolute Gasteiger partial charge is 0.490 e. The number of hydrogen-bond donors (Lipinski definition) is 0. The third-order valence-electron chi connectivity index (χ3n) is 3.31. The molecule has 6 heteroatoms. The number of rotatable bonds is 3. The van der Waals surface area contributed by atoms with Gasteiger partial charge in [-0.05, 0) is 39.3 Å². The molecule has 1 aliphatic heterocycles. The Balaban J connectivity index is 1.82. The lowest BCUT2D eigenvalue weighted by Crippen LogP contribution is -2.35. The van der Waals surface area contributed by atoms with Gasteiger partial charge in [-0.2, -0.15) is 0 Å². The summed E-state index contributed by atoms with van der Waals surface area (Å²) in [6.07, 6.45) is 0.421. The fourth-order valence-electron chi connectivity index (χ4n) is 2.26. The molecule has 22 heavy (non-hydrogen) atoms. The Labute approximate surface area is 129 Å². The first-order chi connectivity index (χ1) is 10.2. The van der Waals surface area contributed by atoms with E-state index in [0.29, 0.717) is 13.1 Å². The molecule has 4 nitrogen and oxygen atoms in total. The predicted molar refractivity (Wildman–Crippen MR) is 77.8 cm³/mol. The van der Waals surface area contributed by atoms with E-state index in [0.717, 1.165) is 18.6 Å². The molecule has 0 radical (unpaired) electrons. The first-order valence-corrected chi connectivity index (χ1v) is 7.30. The summed E-state index contributed by atoms with van der Waals surface area (Å²) >= 11 is 0. The van der Waals surface area contributed by atoms with Crippen molar-refractivity contribution in [1.29, 1.82) is 0 Å². The van der Waals surface area contributed by atoms with Gasteiger partial charge in [0, 0.05) is 25.1 Å². The number of hydrogen-bond acceptors (Lipinski definition) is 3. The molecule has 1 aromatic carbocycles. The van der Waals surface area contributed by atoms with E-state index in [1.165, 1.54) is 6.07 Å². The highest BCUT2D eigenvalue weighted by molar-refractivity contribution is 5.68. The van der Waals surface area contributed by atoms with E-state index < -0.39 is 17.2 Å². The smallest absolute Gasteiger partial charge is 0.410 e. The number of halogens is 2. The van der Waals surface area contributed by atoms with E-state index in [4.69, 9.17) is 9.47 Å². The van der Waals surface area contributed by atoms with Crippen molar-refractivity contribution in [3.05, 3.63) is 29.8 Å². The first-order valence-electron chi connectivity index (χ1n) is 7.30. The van der Waals surface area contributed by atoms with Crippen LogP contribution in [0.1, 0.15) is 27.2 Å². The van der Waals surface area contributed by atoms with E-state index >= 15 is 0 Å². The maximum Gasteiger partial charge on any atom is 0.410 e. The van der Waals surface area contributed by atoms with Crippen LogP contribution >= 0.6 is 0 Å². The Morgan fingerprint density at radius 2 is 2.09 bits per heavy atom. The summed E-state index contributed by atoms with van der Waals surface area (Å²) in [5.41, 5.74) is -0.525. The van der Waals surface area contributed by atoms with Crippen LogP contribution in [-0.2, 0) is 4.74 Å². The van der Waals surface area contributed by atoms with Crippen molar-refractivity contribution in [3.63, 3.8) is 0 Å². The van der Waals surface area contributed by atoms with Crippen molar-refractivity contribution in [1.82, 2.24) is 4.90 Å². The van der Waals surface area contributed by atoms with Gasteiger partial charge in [-0.1, -0.05) is 0 Å². The Bertz CT molecular complexity index is 543. The number of amides is 1. The molecule has 0 saturated carbocycles. The van der Waals surface area contributed by atoms with Gasteiger partial charge in [0.2, 0.25) is 0 Å². The molecule has 0 bridgehead atoms. The maximum absolute atomic E-state index is 13.5. The number of nitrogens with zero attached hydrogens (tertiary/aromatic N) is 1.